The summed E-state index contributed by atoms with van der Waals surface area (Å²) in [5.41, 5.74) is -1.02. The largest absolute Gasteiger partial charge is 0.416 e. The average molecular weight is 327 g/mol. The fourth-order valence-electron chi connectivity index (χ4n) is 3.94. The summed E-state index contributed by atoms with van der Waals surface area (Å²) in [4.78, 5) is 14.2. The summed E-state index contributed by atoms with van der Waals surface area (Å²) in [6.07, 6.45) is -0.665. The van der Waals surface area contributed by atoms with Crippen molar-refractivity contribution in [1.82, 2.24) is 4.90 Å². The van der Waals surface area contributed by atoms with E-state index >= 15 is 0 Å². The van der Waals surface area contributed by atoms with Crippen LogP contribution in [0.25, 0.3) is 0 Å². The molecule has 0 bridgehead atoms. The number of carbonyl (C=O) groups excluding carboxylic acids is 1. The molecule has 0 aromatic heterocycles. The van der Waals surface area contributed by atoms with Crippen LogP contribution in [0.5, 0.6) is 0 Å². The molecule has 2 aliphatic rings. The highest BCUT2D eigenvalue weighted by atomic mass is 19.4. The Morgan fingerprint density at radius 3 is 2.65 bits per heavy atom. The molecule has 1 aromatic rings. The summed E-state index contributed by atoms with van der Waals surface area (Å²) in [5.74, 6) is -0.380. The van der Waals surface area contributed by atoms with Gasteiger partial charge in [0, 0.05) is 24.1 Å². The highest BCUT2D eigenvalue weighted by Gasteiger charge is 2.45. The number of piperidine rings is 1. The second-order valence-electron chi connectivity index (χ2n) is 6.68. The Bertz CT molecular complexity index is 602. The minimum atomic E-state index is -4.46. The van der Waals surface area contributed by atoms with E-state index in [2.05, 4.69) is 0 Å². The molecule has 1 saturated carbocycles. The highest BCUT2D eigenvalue weighted by Crippen LogP contribution is 2.45. The standard InChI is InChI=1S/C17H20F3NO2/c18-17(19,20)13-5-1-4-12(10-13)15(23)21-9-3-8-16(11-21)7-2-6-14(16)22/h1,4-5,10,14,22H,2-3,6-9,11H2/t14-,16+/m1/s1. The SMILES string of the molecule is O=C(c1cccc(C(F)(F)F)c1)N1CCC[C@@]2(CCC[C@H]2O)C1. The van der Waals surface area contributed by atoms with Gasteiger partial charge in [0.05, 0.1) is 11.7 Å². The predicted octanol–water partition coefficient (Wildman–Crippen LogP) is 3.47. The molecule has 23 heavy (non-hydrogen) atoms. The Morgan fingerprint density at radius 1 is 1.26 bits per heavy atom. The Balaban J connectivity index is 1.80. The number of alkyl halides is 3. The van der Waals surface area contributed by atoms with Gasteiger partial charge < -0.3 is 10.0 Å². The predicted molar refractivity (Wildman–Crippen MR) is 78.9 cm³/mol. The number of nitrogens with zero attached hydrogens (tertiary/aromatic N) is 1. The van der Waals surface area contributed by atoms with Crippen LogP contribution in [-0.2, 0) is 6.18 Å². The molecular weight excluding hydrogens is 307 g/mol. The minimum Gasteiger partial charge on any atom is -0.392 e. The van der Waals surface area contributed by atoms with E-state index < -0.39 is 17.8 Å². The van der Waals surface area contributed by atoms with E-state index in [9.17, 15) is 23.1 Å². The minimum absolute atomic E-state index is 0.0596. The number of amides is 1. The Hall–Kier alpha value is -1.56. The molecule has 1 N–H and O–H groups in total. The van der Waals surface area contributed by atoms with E-state index in [1.165, 1.54) is 12.1 Å². The summed E-state index contributed by atoms with van der Waals surface area (Å²) >= 11 is 0. The van der Waals surface area contributed by atoms with Crippen LogP contribution >= 0.6 is 0 Å². The van der Waals surface area contributed by atoms with Crippen LogP contribution in [0.4, 0.5) is 13.2 Å². The molecule has 0 radical (unpaired) electrons. The van der Waals surface area contributed by atoms with Crippen LogP contribution in [0.3, 0.4) is 0 Å². The molecule has 1 aromatic carbocycles. The zero-order chi connectivity index (χ0) is 16.7. The summed E-state index contributed by atoms with van der Waals surface area (Å²) in [6.45, 7) is 0.965. The lowest BCUT2D eigenvalue weighted by Crippen LogP contribution is -2.49. The molecule has 1 amide bonds. The molecule has 1 heterocycles. The Morgan fingerprint density at radius 2 is 2.00 bits per heavy atom. The van der Waals surface area contributed by atoms with Crippen molar-refractivity contribution in [3.05, 3.63) is 35.4 Å². The maximum Gasteiger partial charge on any atom is 0.416 e. The fourth-order valence-corrected chi connectivity index (χ4v) is 3.94. The van der Waals surface area contributed by atoms with Crippen LogP contribution in [0.2, 0.25) is 0 Å². The normalized spacial score (nSPS) is 28.3. The van der Waals surface area contributed by atoms with Crippen molar-refractivity contribution in [3.8, 4) is 0 Å². The summed E-state index contributed by atoms with van der Waals surface area (Å²) in [5, 5.41) is 10.2. The van der Waals surface area contributed by atoms with Crippen molar-refractivity contribution < 1.29 is 23.1 Å². The average Bonchev–Trinajstić information content (AvgIpc) is 2.86. The fraction of sp³-hybridized carbons (Fsp3) is 0.588. The summed E-state index contributed by atoms with van der Waals surface area (Å²) in [7, 11) is 0. The second-order valence-corrected chi connectivity index (χ2v) is 6.68. The van der Waals surface area contributed by atoms with E-state index in [0.29, 0.717) is 13.1 Å². The molecule has 0 unspecified atom stereocenters. The number of hydrogen-bond donors (Lipinski definition) is 1. The molecule has 3 rings (SSSR count). The number of aliphatic hydroxyl groups excluding tert-OH is 1. The van der Waals surface area contributed by atoms with Crippen molar-refractivity contribution in [1.29, 1.82) is 0 Å². The van der Waals surface area contributed by atoms with Gasteiger partial charge in [-0.2, -0.15) is 13.2 Å². The number of carbonyl (C=O) groups is 1. The number of benzene rings is 1. The highest BCUT2D eigenvalue weighted by molar-refractivity contribution is 5.94. The maximum atomic E-state index is 12.8. The van der Waals surface area contributed by atoms with Crippen molar-refractivity contribution in [2.24, 2.45) is 5.41 Å². The first-order valence-electron chi connectivity index (χ1n) is 7.96. The molecule has 3 nitrogen and oxygen atoms in total. The zero-order valence-electron chi connectivity index (χ0n) is 12.8. The lowest BCUT2D eigenvalue weighted by molar-refractivity contribution is -0.137. The van der Waals surface area contributed by atoms with E-state index in [-0.39, 0.29) is 16.9 Å². The van der Waals surface area contributed by atoms with Crippen LogP contribution in [0, 0.1) is 5.41 Å². The third kappa shape index (κ3) is 3.09. The topological polar surface area (TPSA) is 40.5 Å². The van der Waals surface area contributed by atoms with Gasteiger partial charge in [0.25, 0.3) is 5.91 Å². The first-order valence-corrected chi connectivity index (χ1v) is 7.96. The second kappa shape index (κ2) is 5.82. The number of halogens is 3. The van der Waals surface area contributed by atoms with Crippen molar-refractivity contribution >= 4 is 5.91 Å². The number of aliphatic hydroxyl groups is 1. The molecular formula is C17H20F3NO2. The third-order valence-corrected chi connectivity index (χ3v) is 5.19. The van der Waals surface area contributed by atoms with Crippen molar-refractivity contribution in [2.75, 3.05) is 13.1 Å². The number of hydrogen-bond acceptors (Lipinski definition) is 2. The zero-order valence-corrected chi connectivity index (χ0v) is 12.8. The smallest absolute Gasteiger partial charge is 0.392 e. The van der Waals surface area contributed by atoms with Gasteiger partial charge in [-0.15, -0.1) is 0 Å². The van der Waals surface area contributed by atoms with E-state index in [0.717, 1.165) is 44.2 Å². The van der Waals surface area contributed by atoms with Gasteiger partial charge in [-0.25, -0.2) is 0 Å². The Kier molecular flexibility index (Phi) is 4.12. The van der Waals surface area contributed by atoms with E-state index in [1.807, 2.05) is 0 Å². The quantitative estimate of drug-likeness (QED) is 0.858. The lowest BCUT2D eigenvalue weighted by Gasteiger charge is -2.42. The third-order valence-electron chi connectivity index (χ3n) is 5.19. The van der Waals surface area contributed by atoms with Gasteiger partial charge in [-0.3, -0.25) is 4.79 Å². The first-order chi connectivity index (χ1) is 10.8. The number of rotatable bonds is 1. The molecule has 2 atom stereocenters. The molecule has 2 fully saturated rings. The lowest BCUT2D eigenvalue weighted by atomic mass is 9.76. The van der Waals surface area contributed by atoms with Gasteiger partial charge in [0.15, 0.2) is 0 Å². The molecule has 1 spiro atoms. The molecule has 1 aliphatic heterocycles. The van der Waals surface area contributed by atoms with E-state index in [4.69, 9.17) is 0 Å². The van der Waals surface area contributed by atoms with Crippen molar-refractivity contribution in [2.45, 2.75) is 44.4 Å². The van der Waals surface area contributed by atoms with Crippen LogP contribution in [0.1, 0.15) is 48.0 Å². The first kappa shape index (κ1) is 16.3. The summed E-state index contributed by atoms with van der Waals surface area (Å²) < 4.78 is 38.4. The van der Waals surface area contributed by atoms with Crippen LogP contribution in [-0.4, -0.2) is 35.1 Å². The maximum absolute atomic E-state index is 12.8. The van der Waals surface area contributed by atoms with Gasteiger partial charge in [0.1, 0.15) is 0 Å². The van der Waals surface area contributed by atoms with Gasteiger partial charge in [0.2, 0.25) is 0 Å². The molecule has 6 heteroatoms. The monoisotopic (exact) mass is 327 g/mol. The molecule has 1 saturated heterocycles. The van der Waals surface area contributed by atoms with Gasteiger partial charge >= 0.3 is 6.18 Å². The Labute approximate surface area is 133 Å². The molecule has 126 valence electrons. The van der Waals surface area contributed by atoms with Gasteiger partial charge in [-0.05, 0) is 43.9 Å². The van der Waals surface area contributed by atoms with Gasteiger partial charge in [-0.1, -0.05) is 12.5 Å². The molecule has 1 aliphatic carbocycles. The summed E-state index contributed by atoms with van der Waals surface area (Å²) in [6, 6.07) is 4.56. The van der Waals surface area contributed by atoms with Crippen LogP contribution < -0.4 is 0 Å². The van der Waals surface area contributed by atoms with E-state index in [1.54, 1.807) is 4.90 Å². The van der Waals surface area contributed by atoms with Crippen LogP contribution in [0.15, 0.2) is 24.3 Å². The number of likely N-dealkylation sites (tertiary alicyclic amines) is 1. The van der Waals surface area contributed by atoms with Crippen molar-refractivity contribution in [3.63, 3.8) is 0 Å².